The first kappa shape index (κ1) is 35.6. The molecule has 0 atom stereocenters. The zero-order valence-corrected chi connectivity index (χ0v) is 28.9. The average Bonchev–Trinajstić information content (AvgIpc) is 4.01. The number of nitrogens with zero attached hydrogens (tertiary/aromatic N) is 6. The first-order valence-corrected chi connectivity index (χ1v) is 17.8. The lowest BCUT2D eigenvalue weighted by atomic mass is 10.0. The van der Waals surface area contributed by atoms with Crippen molar-refractivity contribution in [2.45, 2.75) is 49.1 Å². The molecule has 0 radical (unpaired) electrons. The van der Waals surface area contributed by atoms with E-state index in [9.17, 15) is 31.2 Å². The number of piperazine rings is 1. The highest BCUT2D eigenvalue weighted by Gasteiger charge is 2.56. The fourth-order valence-electron chi connectivity index (χ4n) is 6.05. The lowest BCUT2D eigenvalue weighted by Crippen LogP contribution is -2.53. The van der Waals surface area contributed by atoms with Crippen LogP contribution in [0.25, 0.3) is 0 Å². The molecule has 18 heteroatoms. The number of sulfonamides is 1. The molecule has 2 N–H and O–H groups in total. The maximum Gasteiger partial charge on any atom is 0.422 e. The monoisotopic (exact) mass is 736 g/mol. The van der Waals surface area contributed by atoms with E-state index in [0.717, 1.165) is 18.4 Å². The summed E-state index contributed by atoms with van der Waals surface area (Å²) in [6, 6.07) is 12.5. The molecule has 1 saturated heterocycles. The first-order chi connectivity index (χ1) is 23.6. The van der Waals surface area contributed by atoms with Crippen molar-refractivity contribution in [2.24, 2.45) is 0 Å². The van der Waals surface area contributed by atoms with Crippen molar-refractivity contribution in [1.82, 2.24) is 29.5 Å². The Labute approximate surface area is 292 Å². The smallest absolute Gasteiger partial charge is 0.422 e. The molecule has 0 unspecified atom stereocenters. The van der Waals surface area contributed by atoms with Gasteiger partial charge < -0.3 is 19.9 Å². The van der Waals surface area contributed by atoms with Gasteiger partial charge in [-0.15, -0.1) is 0 Å². The summed E-state index contributed by atoms with van der Waals surface area (Å²) in [5.74, 6) is -0.851. The number of hydrogen-bond acceptors (Lipinski definition) is 11. The van der Waals surface area contributed by atoms with E-state index in [1.54, 1.807) is 29.0 Å². The highest BCUT2D eigenvalue weighted by atomic mass is 35.5. The second kappa shape index (κ2) is 13.5. The van der Waals surface area contributed by atoms with Crippen LogP contribution in [0, 0.1) is 0 Å². The third kappa shape index (κ3) is 7.89. The number of hydrogen-bond donors (Lipinski definition) is 2. The van der Waals surface area contributed by atoms with Crippen molar-refractivity contribution in [3.05, 3.63) is 64.7 Å². The molecule has 50 heavy (non-hydrogen) atoms. The summed E-state index contributed by atoms with van der Waals surface area (Å²) in [6.45, 7) is 2.31. The van der Waals surface area contributed by atoms with Gasteiger partial charge >= 0.3 is 12.2 Å². The maximum atomic E-state index is 13.3. The van der Waals surface area contributed by atoms with Gasteiger partial charge in [-0.25, -0.2) is 13.1 Å². The maximum absolute atomic E-state index is 13.3. The summed E-state index contributed by atoms with van der Waals surface area (Å²) in [7, 11) is -2.28. The molecule has 0 bridgehead atoms. The number of halogens is 4. The summed E-state index contributed by atoms with van der Waals surface area (Å²) in [5.41, 5.74) is 0.888. The normalized spacial score (nSPS) is 18.2. The molecule has 2 heterocycles. The Kier molecular flexibility index (Phi) is 9.60. The summed E-state index contributed by atoms with van der Waals surface area (Å²) in [6.07, 6.45) is -2.29. The van der Waals surface area contributed by atoms with E-state index < -0.39 is 45.0 Å². The molecule has 2 saturated carbocycles. The van der Waals surface area contributed by atoms with Crippen LogP contribution < -0.4 is 19.7 Å². The van der Waals surface area contributed by atoms with Crippen LogP contribution in [0.4, 0.5) is 30.8 Å². The van der Waals surface area contributed by atoms with Crippen molar-refractivity contribution in [1.29, 1.82) is 0 Å². The van der Waals surface area contributed by atoms with Crippen LogP contribution >= 0.6 is 11.6 Å². The third-order valence-corrected chi connectivity index (χ3v) is 11.7. The Hall–Kier alpha value is -4.22. The summed E-state index contributed by atoms with van der Waals surface area (Å²) in [4.78, 5) is 42.8. The van der Waals surface area contributed by atoms with Gasteiger partial charge in [-0.05, 0) is 67.6 Å². The van der Waals surface area contributed by atoms with Crippen LogP contribution in [-0.2, 0) is 20.4 Å². The van der Waals surface area contributed by atoms with E-state index in [1.165, 1.54) is 31.2 Å². The largest absolute Gasteiger partial charge is 0.454 e. The van der Waals surface area contributed by atoms with Crippen molar-refractivity contribution >= 4 is 51.0 Å². The number of nitrogens with one attached hydrogen (secondary N) is 2. The molecular formula is C32H36ClF3N8O5S. The second-order valence-electron chi connectivity index (χ2n) is 12.8. The lowest BCUT2D eigenvalue weighted by Gasteiger charge is -2.36. The van der Waals surface area contributed by atoms with E-state index in [1.807, 2.05) is 17.0 Å². The minimum Gasteiger partial charge on any atom is -0.454 e. The van der Waals surface area contributed by atoms with Crippen LogP contribution in [0.15, 0.2) is 48.5 Å². The molecule has 6 rings (SSSR count). The van der Waals surface area contributed by atoms with Crippen LogP contribution in [0.1, 0.15) is 48.5 Å². The number of carbonyl (C=O) groups excluding carboxylic acids is 2. The van der Waals surface area contributed by atoms with Crippen molar-refractivity contribution in [2.75, 3.05) is 56.6 Å². The minimum atomic E-state index is -4.62. The van der Waals surface area contributed by atoms with E-state index >= 15 is 0 Å². The number of rotatable bonds is 12. The van der Waals surface area contributed by atoms with E-state index in [-0.39, 0.29) is 29.9 Å². The van der Waals surface area contributed by atoms with Gasteiger partial charge in [-0.1, -0.05) is 23.7 Å². The minimum absolute atomic E-state index is 0.0195. The molecule has 13 nitrogen and oxygen atoms in total. The quantitative estimate of drug-likeness (QED) is 0.277. The predicted molar refractivity (Wildman–Crippen MR) is 179 cm³/mol. The van der Waals surface area contributed by atoms with Crippen LogP contribution in [0.5, 0.6) is 6.01 Å². The number of alkyl halides is 3. The number of benzene rings is 2. The van der Waals surface area contributed by atoms with Crippen LogP contribution in [0.3, 0.4) is 0 Å². The molecule has 3 aromatic rings. The molecule has 2 aliphatic carbocycles. The Bertz CT molecular complexity index is 1850. The Morgan fingerprint density at radius 3 is 2.16 bits per heavy atom. The number of amides is 2. The van der Waals surface area contributed by atoms with Gasteiger partial charge in [-0.2, -0.15) is 28.1 Å². The topological polar surface area (TPSA) is 150 Å². The average molecular weight is 737 g/mol. The van der Waals surface area contributed by atoms with Gasteiger partial charge in [0.25, 0.3) is 5.91 Å². The number of anilines is 3. The van der Waals surface area contributed by atoms with Gasteiger partial charge in [0, 0.05) is 63.0 Å². The lowest BCUT2D eigenvalue weighted by molar-refractivity contribution is -0.154. The van der Waals surface area contributed by atoms with E-state index in [0.29, 0.717) is 49.7 Å². The number of ether oxygens (including phenoxy) is 1. The van der Waals surface area contributed by atoms with Crippen LogP contribution in [0.2, 0.25) is 5.02 Å². The Balaban J connectivity index is 1.14. The summed E-state index contributed by atoms with van der Waals surface area (Å²) in [5, 5.41) is 3.48. The van der Waals surface area contributed by atoms with Crippen molar-refractivity contribution < 1.29 is 35.9 Å². The molecule has 3 aliphatic rings. The summed E-state index contributed by atoms with van der Waals surface area (Å²) >= 11 is 6.07. The SMILES string of the molecule is CC(=O)N1CCN(CC2(S(=O)(=O)NC(=O)c3ccc(Nc4nc(OCC(F)(F)F)nc(N(C)C5(c6ccc(Cl)cc6)CC5)n4)cc3)CC2)CC1. The number of carbonyl (C=O) groups is 2. The molecule has 2 aromatic carbocycles. The molecule has 1 aromatic heterocycles. The molecule has 268 valence electrons. The Morgan fingerprint density at radius 1 is 0.960 bits per heavy atom. The molecule has 1 aliphatic heterocycles. The second-order valence-corrected chi connectivity index (χ2v) is 15.4. The van der Waals surface area contributed by atoms with Gasteiger partial charge in [0.05, 0.1) is 5.54 Å². The van der Waals surface area contributed by atoms with E-state index in [4.69, 9.17) is 16.3 Å². The Morgan fingerprint density at radius 2 is 1.60 bits per heavy atom. The first-order valence-electron chi connectivity index (χ1n) is 16.0. The standard InChI is InChI=1S/C32H36ClF3N8O5S/c1-21(45)44-17-15-43(16-18-44)19-30(11-12-30)50(47,48)41-26(46)22-3-9-25(10-4-22)37-27-38-28(40-29(39-27)49-20-32(34,35)36)42(2)31(13-14-31)23-5-7-24(33)8-6-23/h3-10H,11-20H2,1-2H3,(H,41,46)(H,37,38,39,40). The molecule has 0 spiro atoms. The fourth-order valence-corrected chi connectivity index (χ4v) is 7.75. The zero-order valence-electron chi connectivity index (χ0n) is 27.3. The van der Waals surface area contributed by atoms with Crippen LogP contribution in [-0.4, -0.2) is 102 Å². The van der Waals surface area contributed by atoms with Gasteiger partial charge in [0.1, 0.15) is 4.75 Å². The zero-order chi connectivity index (χ0) is 35.9. The highest BCUT2D eigenvalue weighted by molar-refractivity contribution is 7.91. The predicted octanol–water partition coefficient (Wildman–Crippen LogP) is 4.09. The molecule has 3 fully saturated rings. The number of aromatic nitrogens is 3. The molecular weight excluding hydrogens is 701 g/mol. The third-order valence-electron chi connectivity index (χ3n) is 9.35. The molecule has 2 amide bonds. The van der Waals surface area contributed by atoms with Crippen molar-refractivity contribution in [3.63, 3.8) is 0 Å². The van der Waals surface area contributed by atoms with Gasteiger partial charge in [0.15, 0.2) is 6.61 Å². The highest BCUT2D eigenvalue weighted by Crippen LogP contribution is 2.51. The van der Waals surface area contributed by atoms with Gasteiger partial charge in [-0.3, -0.25) is 14.5 Å². The summed E-state index contributed by atoms with van der Waals surface area (Å²) < 4.78 is 71.7. The van der Waals surface area contributed by atoms with E-state index in [2.05, 4.69) is 25.0 Å². The van der Waals surface area contributed by atoms with Crippen molar-refractivity contribution in [3.8, 4) is 6.01 Å². The van der Waals surface area contributed by atoms with Gasteiger partial charge in [0.2, 0.25) is 27.8 Å². The fraction of sp³-hybridized carbons (Fsp3) is 0.469.